The van der Waals surface area contributed by atoms with Gasteiger partial charge in [-0.2, -0.15) is 0 Å². The highest BCUT2D eigenvalue weighted by atomic mass is 32.1. The number of aliphatic hydroxyl groups excluding tert-OH is 1. The van der Waals surface area contributed by atoms with Crippen LogP contribution in [-0.4, -0.2) is 60.8 Å². The van der Waals surface area contributed by atoms with E-state index in [2.05, 4.69) is 57.9 Å². The van der Waals surface area contributed by atoms with Gasteiger partial charge < -0.3 is 31.9 Å². The molecule has 6 unspecified atom stereocenters. The Morgan fingerprint density at radius 2 is 1.92 bits per heavy atom. The fourth-order valence-corrected chi connectivity index (χ4v) is 9.94. The van der Waals surface area contributed by atoms with Crippen LogP contribution in [0.4, 0.5) is 5.69 Å². The van der Waals surface area contributed by atoms with Gasteiger partial charge in [0.25, 0.3) is 0 Å². The molecular formula is C38H51N5O3S2. The molecule has 2 aliphatic carbocycles. The van der Waals surface area contributed by atoms with Gasteiger partial charge in [0.1, 0.15) is 5.75 Å². The van der Waals surface area contributed by atoms with Crippen LogP contribution in [0, 0.1) is 35.0 Å². The molecule has 258 valence electrons. The molecule has 0 bridgehead atoms. The van der Waals surface area contributed by atoms with Crippen LogP contribution in [0.5, 0.6) is 5.75 Å². The van der Waals surface area contributed by atoms with Crippen molar-refractivity contribution in [1.29, 1.82) is 0 Å². The lowest BCUT2D eigenvalue weighted by molar-refractivity contribution is 0.0389. The van der Waals surface area contributed by atoms with Crippen molar-refractivity contribution in [3.63, 3.8) is 0 Å². The van der Waals surface area contributed by atoms with Crippen LogP contribution in [0.3, 0.4) is 0 Å². The zero-order chi connectivity index (χ0) is 34.3. The third kappa shape index (κ3) is 8.80. The number of hydrogen-bond acceptors (Lipinski definition) is 8. The quantitative estimate of drug-likeness (QED) is 0.0524. The second kappa shape index (κ2) is 16.4. The molecule has 48 heavy (non-hydrogen) atoms. The maximum absolute atomic E-state index is 14.5. The number of aliphatic imine (C=N–C) groups is 1. The second-order valence-electron chi connectivity index (χ2n) is 13.6. The Balaban J connectivity index is 1.41. The second-order valence-corrected chi connectivity index (χ2v) is 15.8. The summed E-state index contributed by atoms with van der Waals surface area (Å²) in [6, 6.07) is 13.8. The van der Waals surface area contributed by atoms with E-state index in [0.717, 1.165) is 82.4 Å². The van der Waals surface area contributed by atoms with Gasteiger partial charge in [0.05, 0.1) is 15.9 Å². The van der Waals surface area contributed by atoms with Crippen LogP contribution in [-0.2, 0) is 6.42 Å². The maximum atomic E-state index is 14.5. The van der Waals surface area contributed by atoms with E-state index in [-0.39, 0.29) is 29.0 Å². The highest BCUT2D eigenvalue weighted by Gasteiger charge is 2.52. The van der Waals surface area contributed by atoms with Gasteiger partial charge in [0.2, 0.25) is 0 Å². The van der Waals surface area contributed by atoms with E-state index in [1.165, 1.54) is 0 Å². The minimum atomic E-state index is -0.507. The molecule has 1 spiro atoms. The number of carbonyl (C=O) groups excluding carboxylic acids is 1. The third-order valence-corrected chi connectivity index (χ3v) is 12.4. The molecule has 0 aliphatic heterocycles. The van der Waals surface area contributed by atoms with Crippen LogP contribution in [0.1, 0.15) is 79.4 Å². The van der Waals surface area contributed by atoms with Gasteiger partial charge in [0, 0.05) is 47.1 Å². The number of guanidine groups is 1. The molecule has 10 heteroatoms. The molecule has 5 rings (SSSR count). The minimum absolute atomic E-state index is 0.0200. The molecule has 2 saturated carbocycles. The van der Waals surface area contributed by atoms with Gasteiger partial charge in [-0.15, -0.1) is 28.6 Å². The van der Waals surface area contributed by atoms with Crippen LogP contribution < -0.4 is 21.7 Å². The number of thiophene rings is 2. The summed E-state index contributed by atoms with van der Waals surface area (Å²) in [6.07, 6.45) is 6.02. The number of phenols is 1. The summed E-state index contributed by atoms with van der Waals surface area (Å²) < 4.78 is 0. The Labute approximate surface area is 293 Å². The van der Waals surface area contributed by atoms with Crippen molar-refractivity contribution in [3.05, 3.63) is 57.8 Å². The Hall–Kier alpha value is -3.36. The van der Waals surface area contributed by atoms with E-state index in [0.29, 0.717) is 30.6 Å². The summed E-state index contributed by atoms with van der Waals surface area (Å²) >= 11 is 3.29. The van der Waals surface area contributed by atoms with Crippen LogP contribution in [0.25, 0.3) is 9.75 Å². The summed E-state index contributed by atoms with van der Waals surface area (Å²) in [6.45, 7) is 8.05. The first-order valence-corrected chi connectivity index (χ1v) is 18.9. The lowest BCUT2D eigenvalue weighted by Gasteiger charge is -2.47. The normalized spacial score (nSPS) is 23.8. The first kappa shape index (κ1) is 35.9. The molecule has 0 saturated heterocycles. The highest BCUT2D eigenvalue weighted by molar-refractivity contribution is 7.23. The Morgan fingerprint density at radius 1 is 1.12 bits per heavy atom. The van der Waals surface area contributed by atoms with Crippen LogP contribution in [0.15, 0.2) is 47.5 Å². The number of benzene rings is 1. The first-order valence-electron chi connectivity index (χ1n) is 17.2. The molecule has 1 aromatic carbocycles. The van der Waals surface area contributed by atoms with E-state index in [1.807, 2.05) is 19.1 Å². The average molecular weight is 690 g/mol. The minimum Gasteiger partial charge on any atom is -0.508 e. The number of phenolic OH excluding ortho intramolecular Hbond substituents is 1. The molecule has 6 atom stereocenters. The van der Waals surface area contributed by atoms with Gasteiger partial charge in [-0.25, -0.2) is 0 Å². The molecule has 2 heterocycles. The number of nitrogens with zero attached hydrogens (tertiary/aromatic N) is 1. The van der Waals surface area contributed by atoms with E-state index < -0.39 is 6.10 Å². The molecular weight excluding hydrogens is 639 g/mol. The van der Waals surface area contributed by atoms with E-state index in [9.17, 15) is 15.0 Å². The van der Waals surface area contributed by atoms with Crippen molar-refractivity contribution in [1.82, 2.24) is 10.6 Å². The molecule has 2 fully saturated rings. The Bertz CT molecular complexity index is 1640. The first-order chi connectivity index (χ1) is 23.1. The molecule has 0 amide bonds. The Morgan fingerprint density at radius 3 is 2.67 bits per heavy atom. The summed E-state index contributed by atoms with van der Waals surface area (Å²) in [5, 5.41) is 30.6. The van der Waals surface area contributed by atoms with Crippen molar-refractivity contribution >= 4 is 40.1 Å². The Kier molecular flexibility index (Phi) is 12.2. The third-order valence-electron chi connectivity index (χ3n) is 10.1. The van der Waals surface area contributed by atoms with E-state index in [1.54, 1.807) is 48.8 Å². The average Bonchev–Trinajstić information content (AvgIpc) is 3.83. The number of Topliss-reactive ketones (excluding diaryl/α,β-unsaturated/α-hetero) is 1. The van der Waals surface area contributed by atoms with Gasteiger partial charge >= 0.3 is 0 Å². The monoisotopic (exact) mass is 689 g/mol. The molecule has 7 N–H and O–H groups in total. The maximum Gasteiger partial charge on any atom is 0.188 e. The van der Waals surface area contributed by atoms with E-state index in [4.69, 9.17) is 5.73 Å². The number of nitrogens with two attached hydrogens (primary N) is 1. The predicted octanol–water partition coefficient (Wildman–Crippen LogP) is 6.49. The number of aromatic hydroxyl groups is 1. The summed E-state index contributed by atoms with van der Waals surface area (Å²) in [7, 11) is 1.69. The number of anilines is 1. The molecule has 8 nitrogen and oxygen atoms in total. The predicted molar refractivity (Wildman–Crippen MR) is 200 cm³/mol. The van der Waals surface area contributed by atoms with Crippen molar-refractivity contribution < 1.29 is 15.0 Å². The molecule has 0 radical (unpaired) electrons. The lowest BCUT2D eigenvalue weighted by Crippen LogP contribution is -2.50. The number of hydrogen-bond donors (Lipinski definition) is 6. The van der Waals surface area contributed by atoms with Crippen molar-refractivity contribution in [2.75, 3.05) is 32.0 Å². The summed E-state index contributed by atoms with van der Waals surface area (Å²) in [5.41, 5.74) is 7.95. The lowest BCUT2D eigenvalue weighted by atomic mass is 9.58. The van der Waals surface area contributed by atoms with Crippen molar-refractivity contribution in [3.8, 4) is 27.3 Å². The highest BCUT2D eigenvalue weighted by Crippen LogP contribution is 2.57. The molecule has 3 aromatic rings. The van der Waals surface area contributed by atoms with Gasteiger partial charge in [-0.1, -0.05) is 12.8 Å². The van der Waals surface area contributed by atoms with Crippen molar-refractivity contribution in [2.45, 2.75) is 77.9 Å². The zero-order valence-electron chi connectivity index (χ0n) is 28.6. The van der Waals surface area contributed by atoms with Crippen LogP contribution in [0.2, 0.25) is 0 Å². The summed E-state index contributed by atoms with van der Waals surface area (Å²) in [5.74, 6) is 7.78. The van der Waals surface area contributed by atoms with Gasteiger partial charge in [-0.3, -0.25) is 9.79 Å². The zero-order valence-corrected chi connectivity index (χ0v) is 30.3. The van der Waals surface area contributed by atoms with Crippen LogP contribution >= 0.6 is 22.7 Å². The largest absolute Gasteiger partial charge is 0.508 e. The number of rotatable bonds is 13. The van der Waals surface area contributed by atoms with Crippen molar-refractivity contribution in [2.24, 2.45) is 33.9 Å². The van der Waals surface area contributed by atoms with E-state index >= 15 is 0 Å². The fourth-order valence-electron chi connectivity index (χ4n) is 7.94. The summed E-state index contributed by atoms with van der Waals surface area (Å²) in [4.78, 5) is 22.9. The topological polar surface area (TPSA) is 132 Å². The number of aliphatic hydroxyl groups is 1. The SMILES string of the molecule is CC#Cc1ccc(-c2ccc(C(=O)C3CCC(C(Cc4cc(O)cc(NCC(C)O)c4)NC(N)=NC)CC34CCC(CNCC)C4)s2)s1. The smallest absolute Gasteiger partial charge is 0.188 e. The number of ketones is 1. The molecule has 2 aromatic heterocycles. The fraction of sp³-hybridized carbons (Fsp3) is 0.526. The number of carbonyl (C=O) groups is 1. The van der Waals surface area contributed by atoms with Gasteiger partial charge in [0.15, 0.2) is 11.7 Å². The molecule has 2 aliphatic rings. The standard InChI is InChI=1S/C38H51N5O3S2/c1-5-7-30-9-11-33(47-30)34-12-13-35(48-34)36(46)31-10-8-27(21-38(31)15-14-25(20-38)23-41-6-2)32(43-37(39)40-4)18-26-16-28(19-29(45)17-26)42-22-24(3)44/h9,11-13,16-17,19,24-25,27,31-32,41-42,44-45H,6,8,10,14-15,18,20-23H2,1-4H3,(H3,39,40,43). The van der Waals surface area contributed by atoms with Gasteiger partial charge in [-0.05, 0) is 131 Å². The number of nitrogens with one attached hydrogen (secondary N) is 3.